The summed E-state index contributed by atoms with van der Waals surface area (Å²) in [7, 11) is 0. The molecule has 4 heteroatoms. The van der Waals surface area contributed by atoms with Crippen molar-refractivity contribution < 1.29 is 9.53 Å². The second kappa shape index (κ2) is 6.70. The number of amides is 1. The summed E-state index contributed by atoms with van der Waals surface area (Å²) >= 11 is 0. The fourth-order valence-electron chi connectivity index (χ4n) is 1.32. The van der Waals surface area contributed by atoms with E-state index in [9.17, 15) is 4.79 Å². The SMILES string of the molecule is C=CCOc1cccc(NC(=O)CC(C)N)c1. The molecular formula is C13H18N2O2. The zero-order valence-electron chi connectivity index (χ0n) is 9.98. The monoisotopic (exact) mass is 234 g/mol. The Labute approximate surface area is 101 Å². The van der Waals surface area contributed by atoms with Gasteiger partial charge in [-0.05, 0) is 19.1 Å². The Balaban J connectivity index is 2.58. The minimum absolute atomic E-state index is 0.0964. The van der Waals surface area contributed by atoms with Gasteiger partial charge in [-0.1, -0.05) is 18.7 Å². The second-order valence-electron chi connectivity index (χ2n) is 3.86. The van der Waals surface area contributed by atoms with Gasteiger partial charge in [0.1, 0.15) is 12.4 Å². The smallest absolute Gasteiger partial charge is 0.225 e. The van der Waals surface area contributed by atoms with Crippen LogP contribution in [0.15, 0.2) is 36.9 Å². The van der Waals surface area contributed by atoms with Crippen molar-refractivity contribution in [1.29, 1.82) is 0 Å². The van der Waals surface area contributed by atoms with Gasteiger partial charge in [0.15, 0.2) is 0 Å². The van der Waals surface area contributed by atoms with Crippen molar-refractivity contribution in [2.75, 3.05) is 11.9 Å². The third kappa shape index (κ3) is 5.17. The predicted molar refractivity (Wildman–Crippen MR) is 69.0 cm³/mol. The van der Waals surface area contributed by atoms with E-state index in [0.717, 1.165) is 0 Å². The van der Waals surface area contributed by atoms with Gasteiger partial charge in [-0.25, -0.2) is 0 Å². The van der Waals surface area contributed by atoms with Crippen LogP contribution < -0.4 is 15.8 Å². The summed E-state index contributed by atoms with van der Waals surface area (Å²) in [5, 5.41) is 2.77. The zero-order chi connectivity index (χ0) is 12.7. The quantitative estimate of drug-likeness (QED) is 0.739. The number of nitrogens with one attached hydrogen (secondary N) is 1. The third-order valence-electron chi connectivity index (χ3n) is 1.99. The van der Waals surface area contributed by atoms with Crippen LogP contribution in [0.4, 0.5) is 5.69 Å². The second-order valence-corrected chi connectivity index (χ2v) is 3.86. The van der Waals surface area contributed by atoms with Crippen molar-refractivity contribution in [3.63, 3.8) is 0 Å². The Kier molecular flexibility index (Phi) is 5.23. The maximum Gasteiger partial charge on any atom is 0.225 e. The molecule has 3 N–H and O–H groups in total. The molecule has 1 atom stereocenters. The van der Waals surface area contributed by atoms with Crippen LogP contribution in [0.1, 0.15) is 13.3 Å². The van der Waals surface area contributed by atoms with Gasteiger partial charge in [0.25, 0.3) is 0 Å². The first-order chi connectivity index (χ1) is 8.11. The largest absolute Gasteiger partial charge is 0.489 e. The maximum absolute atomic E-state index is 11.5. The fourth-order valence-corrected chi connectivity index (χ4v) is 1.32. The Morgan fingerprint density at radius 3 is 3.06 bits per heavy atom. The van der Waals surface area contributed by atoms with Gasteiger partial charge in [-0.3, -0.25) is 4.79 Å². The van der Waals surface area contributed by atoms with Gasteiger partial charge in [0.2, 0.25) is 5.91 Å². The average molecular weight is 234 g/mol. The lowest BCUT2D eigenvalue weighted by Gasteiger charge is -2.09. The number of benzene rings is 1. The summed E-state index contributed by atoms with van der Waals surface area (Å²) < 4.78 is 5.36. The molecule has 0 spiro atoms. The number of hydrogen-bond donors (Lipinski definition) is 2. The van der Waals surface area contributed by atoms with E-state index in [-0.39, 0.29) is 11.9 Å². The minimum Gasteiger partial charge on any atom is -0.489 e. The lowest BCUT2D eigenvalue weighted by atomic mass is 10.2. The molecule has 1 amide bonds. The Hall–Kier alpha value is -1.81. The molecule has 0 aromatic heterocycles. The maximum atomic E-state index is 11.5. The van der Waals surface area contributed by atoms with Crippen molar-refractivity contribution in [3.8, 4) is 5.75 Å². The summed E-state index contributed by atoms with van der Waals surface area (Å²) in [5.74, 6) is 0.601. The summed E-state index contributed by atoms with van der Waals surface area (Å²) in [4.78, 5) is 11.5. The van der Waals surface area contributed by atoms with Crippen LogP contribution in [0.25, 0.3) is 0 Å². The minimum atomic E-state index is -0.143. The third-order valence-corrected chi connectivity index (χ3v) is 1.99. The number of hydrogen-bond acceptors (Lipinski definition) is 3. The van der Waals surface area contributed by atoms with Crippen LogP contribution in [0.2, 0.25) is 0 Å². The number of nitrogens with two attached hydrogens (primary N) is 1. The molecule has 0 heterocycles. The van der Waals surface area contributed by atoms with E-state index in [0.29, 0.717) is 24.5 Å². The lowest BCUT2D eigenvalue weighted by Crippen LogP contribution is -2.23. The predicted octanol–water partition coefficient (Wildman–Crippen LogP) is 1.93. The molecule has 0 saturated carbocycles. The summed E-state index contributed by atoms with van der Waals surface area (Å²) in [5.41, 5.74) is 6.25. The molecule has 0 aliphatic carbocycles. The van der Waals surface area contributed by atoms with Gasteiger partial charge >= 0.3 is 0 Å². The van der Waals surface area contributed by atoms with E-state index >= 15 is 0 Å². The number of carbonyl (C=O) groups excluding carboxylic acids is 1. The van der Waals surface area contributed by atoms with Gasteiger partial charge < -0.3 is 15.8 Å². The summed E-state index contributed by atoms with van der Waals surface area (Å²) in [6.45, 7) is 5.81. The van der Waals surface area contributed by atoms with E-state index in [1.807, 2.05) is 12.1 Å². The van der Waals surface area contributed by atoms with Gasteiger partial charge in [0.05, 0.1) is 0 Å². The number of ether oxygens (including phenoxy) is 1. The van der Waals surface area contributed by atoms with Crippen LogP contribution in [0.3, 0.4) is 0 Å². The first-order valence-electron chi connectivity index (χ1n) is 5.51. The summed E-state index contributed by atoms with van der Waals surface area (Å²) in [6, 6.07) is 7.07. The number of anilines is 1. The fraction of sp³-hybridized carbons (Fsp3) is 0.308. The molecule has 1 aromatic rings. The van der Waals surface area contributed by atoms with Crippen molar-refractivity contribution >= 4 is 11.6 Å². The van der Waals surface area contributed by atoms with Crippen LogP contribution in [0.5, 0.6) is 5.75 Å². The Morgan fingerprint density at radius 2 is 2.41 bits per heavy atom. The standard InChI is InChI=1S/C13H18N2O2/c1-3-7-17-12-6-4-5-11(9-12)15-13(16)8-10(2)14/h3-6,9-10H,1,7-8,14H2,2H3,(H,15,16). The highest BCUT2D eigenvalue weighted by Crippen LogP contribution is 2.17. The van der Waals surface area contributed by atoms with Crippen LogP contribution in [-0.2, 0) is 4.79 Å². The van der Waals surface area contributed by atoms with Crippen LogP contribution in [0, 0.1) is 0 Å². The Bertz CT molecular complexity index is 389. The molecule has 92 valence electrons. The first-order valence-corrected chi connectivity index (χ1v) is 5.51. The molecule has 0 aliphatic heterocycles. The van der Waals surface area contributed by atoms with Gasteiger partial charge in [-0.2, -0.15) is 0 Å². The highest BCUT2D eigenvalue weighted by molar-refractivity contribution is 5.91. The van der Waals surface area contributed by atoms with E-state index in [1.165, 1.54) is 0 Å². The van der Waals surface area contributed by atoms with Crippen molar-refractivity contribution in [2.45, 2.75) is 19.4 Å². The molecule has 0 radical (unpaired) electrons. The van der Waals surface area contributed by atoms with Crippen molar-refractivity contribution in [1.82, 2.24) is 0 Å². The van der Waals surface area contributed by atoms with E-state index in [1.54, 1.807) is 25.1 Å². The number of carbonyl (C=O) groups is 1. The van der Waals surface area contributed by atoms with Gasteiger partial charge in [0, 0.05) is 24.2 Å². The highest BCUT2D eigenvalue weighted by Gasteiger charge is 2.05. The number of rotatable bonds is 6. The van der Waals surface area contributed by atoms with Crippen LogP contribution in [-0.4, -0.2) is 18.6 Å². The van der Waals surface area contributed by atoms with Crippen LogP contribution >= 0.6 is 0 Å². The van der Waals surface area contributed by atoms with Crippen molar-refractivity contribution in [2.24, 2.45) is 5.73 Å². The van der Waals surface area contributed by atoms with Gasteiger partial charge in [-0.15, -0.1) is 0 Å². The average Bonchev–Trinajstić information content (AvgIpc) is 2.25. The van der Waals surface area contributed by atoms with Crippen molar-refractivity contribution in [3.05, 3.63) is 36.9 Å². The molecule has 4 nitrogen and oxygen atoms in total. The normalized spacial score (nSPS) is 11.6. The zero-order valence-corrected chi connectivity index (χ0v) is 9.98. The van der Waals surface area contributed by atoms with E-state index < -0.39 is 0 Å². The highest BCUT2D eigenvalue weighted by atomic mass is 16.5. The topological polar surface area (TPSA) is 64.3 Å². The molecule has 0 saturated heterocycles. The summed E-state index contributed by atoms with van der Waals surface area (Å²) in [6.07, 6.45) is 1.97. The molecule has 1 aromatic carbocycles. The molecule has 0 aliphatic rings. The van der Waals surface area contributed by atoms with E-state index in [2.05, 4.69) is 11.9 Å². The van der Waals surface area contributed by atoms with E-state index in [4.69, 9.17) is 10.5 Å². The molecule has 1 unspecified atom stereocenters. The molecule has 17 heavy (non-hydrogen) atoms. The Morgan fingerprint density at radius 1 is 1.65 bits per heavy atom. The first kappa shape index (κ1) is 13.3. The molecular weight excluding hydrogens is 216 g/mol. The molecule has 0 fully saturated rings. The molecule has 0 bridgehead atoms. The molecule has 1 rings (SSSR count). The lowest BCUT2D eigenvalue weighted by molar-refractivity contribution is -0.116.